The normalized spacial score (nSPS) is 24.0. The third-order valence-electron chi connectivity index (χ3n) is 8.12. The lowest BCUT2D eigenvalue weighted by Crippen LogP contribution is -2.42. The number of rotatable bonds is 10. The van der Waals surface area contributed by atoms with Crippen molar-refractivity contribution in [3.05, 3.63) is 17.7 Å². The number of carbonyl (C=O) groups excluding carboxylic acids is 1. The van der Waals surface area contributed by atoms with Crippen molar-refractivity contribution < 1.29 is 22.3 Å². The summed E-state index contributed by atoms with van der Waals surface area (Å²) in [7, 11) is -4.33. The van der Waals surface area contributed by atoms with Crippen LogP contribution in [0.2, 0.25) is 0 Å². The van der Waals surface area contributed by atoms with Crippen LogP contribution in [0.15, 0.2) is 6.20 Å². The molecule has 1 heterocycles. The van der Waals surface area contributed by atoms with E-state index in [1.165, 1.54) is 63.1 Å². The first-order valence-corrected chi connectivity index (χ1v) is 14.0. The maximum Gasteiger partial charge on any atom is 0.253 e. The molecule has 2 bridgehead atoms. The molecule has 0 aromatic carbocycles. The molecule has 0 spiro atoms. The predicted molar refractivity (Wildman–Crippen MR) is 126 cm³/mol. The average Bonchev–Trinajstić information content (AvgIpc) is 3.16. The quantitative estimate of drug-likeness (QED) is 0.283. The standard InChI is InChI=1S/C15H29N2.C10H16O4S/c1-5-7-9-11-16-13-14(3)17(15(16)4)12-10-8-6-2;1-9(2)7-3-4-10(9,8(11)5-7)6-15(12,13)14/h13H,5-12H2,1-4H3;7H,3-6H2,1-2H3,(H,12,13,14)/q+1;/p-1/t;7?,10-/m.1/s1. The van der Waals surface area contributed by atoms with Crippen molar-refractivity contribution in [2.75, 3.05) is 5.75 Å². The van der Waals surface area contributed by atoms with Gasteiger partial charge in [-0.05, 0) is 49.9 Å². The van der Waals surface area contributed by atoms with Crippen molar-refractivity contribution in [2.45, 2.75) is 112 Å². The smallest absolute Gasteiger partial charge is 0.253 e. The van der Waals surface area contributed by atoms with Gasteiger partial charge in [-0.1, -0.05) is 40.5 Å². The molecular weight excluding hydrogens is 424 g/mol. The fourth-order valence-corrected chi connectivity index (χ4v) is 7.11. The van der Waals surface area contributed by atoms with Crippen LogP contribution < -0.4 is 4.57 Å². The molecule has 0 N–H and O–H groups in total. The molecule has 2 atom stereocenters. The zero-order valence-electron chi connectivity index (χ0n) is 21.1. The molecule has 7 heteroatoms. The van der Waals surface area contributed by atoms with E-state index in [2.05, 4.69) is 43.0 Å². The number of unbranched alkanes of at least 4 members (excludes halogenated alkanes) is 4. The third kappa shape index (κ3) is 5.82. The highest BCUT2D eigenvalue weighted by molar-refractivity contribution is 7.85. The molecule has 2 aliphatic rings. The first kappa shape index (κ1) is 27.0. The lowest BCUT2D eigenvalue weighted by molar-refractivity contribution is -0.703. The number of hydrogen-bond donors (Lipinski definition) is 0. The lowest BCUT2D eigenvalue weighted by atomic mass is 9.70. The molecule has 2 aliphatic carbocycles. The van der Waals surface area contributed by atoms with Gasteiger partial charge in [0.25, 0.3) is 5.82 Å². The van der Waals surface area contributed by atoms with E-state index in [0.29, 0.717) is 12.8 Å². The zero-order chi connectivity index (χ0) is 24.2. The molecule has 32 heavy (non-hydrogen) atoms. The van der Waals surface area contributed by atoms with Crippen molar-refractivity contribution in [1.29, 1.82) is 0 Å². The van der Waals surface area contributed by atoms with E-state index in [1.807, 2.05) is 13.8 Å². The molecule has 0 aliphatic heterocycles. The van der Waals surface area contributed by atoms with Crippen LogP contribution in [-0.2, 0) is 28.0 Å². The second kappa shape index (κ2) is 10.8. The Morgan fingerprint density at radius 3 is 2.25 bits per heavy atom. The van der Waals surface area contributed by atoms with Crippen molar-refractivity contribution in [2.24, 2.45) is 16.7 Å². The molecule has 2 saturated carbocycles. The molecule has 0 saturated heterocycles. The van der Waals surface area contributed by atoms with Gasteiger partial charge < -0.3 is 4.55 Å². The SMILES string of the molecule is CC1(C)C2CC[C@@]1(CS(=O)(=O)[O-])C(=O)C2.CCCCCn1c(C)c[n+](CCCCC)c1C. The van der Waals surface area contributed by atoms with E-state index in [4.69, 9.17) is 0 Å². The van der Waals surface area contributed by atoms with E-state index in [0.717, 1.165) is 6.42 Å². The van der Waals surface area contributed by atoms with Gasteiger partial charge in [-0.3, -0.25) is 4.79 Å². The van der Waals surface area contributed by atoms with E-state index >= 15 is 0 Å². The van der Waals surface area contributed by atoms with Crippen LogP contribution in [0.4, 0.5) is 0 Å². The van der Waals surface area contributed by atoms with Crippen LogP contribution in [0.25, 0.3) is 0 Å². The summed E-state index contributed by atoms with van der Waals surface area (Å²) < 4.78 is 37.6. The summed E-state index contributed by atoms with van der Waals surface area (Å²) in [5.41, 5.74) is 0.190. The molecule has 1 unspecified atom stereocenters. The minimum absolute atomic E-state index is 0.0248. The molecule has 184 valence electrons. The summed E-state index contributed by atoms with van der Waals surface area (Å²) in [6.07, 6.45) is 12.1. The minimum atomic E-state index is -4.33. The Labute approximate surface area is 195 Å². The number of carbonyl (C=O) groups is 1. The molecule has 1 aromatic heterocycles. The molecule has 6 nitrogen and oxygen atoms in total. The molecule has 3 rings (SSSR count). The van der Waals surface area contributed by atoms with Crippen molar-refractivity contribution in [3.8, 4) is 0 Å². The van der Waals surface area contributed by atoms with Crippen LogP contribution in [0, 0.1) is 30.6 Å². The highest BCUT2D eigenvalue weighted by Gasteiger charge is 2.64. The van der Waals surface area contributed by atoms with Crippen LogP contribution in [0.1, 0.15) is 97.0 Å². The lowest BCUT2D eigenvalue weighted by Gasteiger charge is -2.37. The fraction of sp³-hybridized carbons (Fsp3) is 0.840. The number of nitrogens with zero attached hydrogens (tertiary/aromatic N) is 2. The number of imidazole rings is 1. The van der Waals surface area contributed by atoms with Gasteiger partial charge in [0.2, 0.25) is 0 Å². The maximum absolute atomic E-state index is 11.8. The van der Waals surface area contributed by atoms with Gasteiger partial charge in [-0.25, -0.2) is 17.6 Å². The van der Waals surface area contributed by atoms with Gasteiger partial charge >= 0.3 is 0 Å². The molecular formula is C25H44N2O4S. The Bertz CT molecular complexity index is 888. The number of Topliss-reactive ketones (excluding diaryl/α,β-unsaturated/α-hetero) is 1. The first-order valence-electron chi connectivity index (χ1n) is 12.4. The molecule has 0 radical (unpaired) electrons. The number of hydrogen-bond acceptors (Lipinski definition) is 4. The van der Waals surface area contributed by atoms with E-state index in [9.17, 15) is 17.8 Å². The van der Waals surface area contributed by atoms with Crippen molar-refractivity contribution in [1.82, 2.24) is 4.57 Å². The van der Waals surface area contributed by atoms with E-state index in [-0.39, 0.29) is 17.1 Å². The van der Waals surface area contributed by atoms with Gasteiger partial charge in [-0.15, -0.1) is 0 Å². The summed E-state index contributed by atoms with van der Waals surface area (Å²) in [4.78, 5) is 11.8. The number of aromatic nitrogens is 2. The maximum atomic E-state index is 11.8. The van der Waals surface area contributed by atoms with Crippen LogP contribution >= 0.6 is 0 Å². The predicted octanol–water partition coefficient (Wildman–Crippen LogP) is 4.70. The van der Waals surface area contributed by atoms with Gasteiger partial charge in [0.1, 0.15) is 17.7 Å². The van der Waals surface area contributed by atoms with Crippen molar-refractivity contribution in [3.63, 3.8) is 0 Å². The Morgan fingerprint density at radius 2 is 1.75 bits per heavy atom. The van der Waals surface area contributed by atoms with Crippen LogP contribution in [-0.4, -0.2) is 29.1 Å². The zero-order valence-corrected chi connectivity index (χ0v) is 21.9. The van der Waals surface area contributed by atoms with Gasteiger partial charge in [-0.2, -0.15) is 0 Å². The molecule has 2 fully saturated rings. The molecule has 1 aromatic rings. The van der Waals surface area contributed by atoms with Crippen LogP contribution in [0.3, 0.4) is 0 Å². The summed E-state index contributed by atoms with van der Waals surface area (Å²) in [5, 5.41) is 0. The summed E-state index contributed by atoms with van der Waals surface area (Å²) in [6.45, 7) is 15.2. The van der Waals surface area contributed by atoms with Crippen LogP contribution in [0.5, 0.6) is 0 Å². The summed E-state index contributed by atoms with van der Waals surface area (Å²) in [5.74, 6) is 1.15. The monoisotopic (exact) mass is 468 g/mol. The highest BCUT2D eigenvalue weighted by Crippen LogP contribution is 2.64. The minimum Gasteiger partial charge on any atom is -0.748 e. The Balaban J connectivity index is 0.000000228. The average molecular weight is 469 g/mol. The number of ketones is 1. The second-order valence-corrected chi connectivity index (χ2v) is 11.8. The van der Waals surface area contributed by atoms with Gasteiger partial charge in [0.05, 0.1) is 29.0 Å². The Morgan fingerprint density at radius 1 is 1.12 bits per heavy atom. The van der Waals surface area contributed by atoms with Crippen molar-refractivity contribution >= 4 is 15.9 Å². The van der Waals surface area contributed by atoms with Gasteiger partial charge in [0, 0.05) is 25.7 Å². The third-order valence-corrected chi connectivity index (χ3v) is 8.97. The Kier molecular flexibility index (Phi) is 9.13. The molecule has 0 amide bonds. The Hall–Kier alpha value is -1.21. The van der Waals surface area contributed by atoms with E-state index in [1.54, 1.807) is 0 Å². The highest BCUT2D eigenvalue weighted by atomic mass is 32.2. The number of aryl methyl sites for hydroxylation is 2. The first-order chi connectivity index (χ1) is 14.9. The largest absolute Gasteiger partial charge is 0.748 e. The summed E-state index contributed by atoms with van der Waals surface area (Å²) in [6, 6.07) is 0. The second-order valence-electron chi connectivity index (χ2n) is 10.4. The number of fused-ring (bicyclic) bond motifs is 2. The fourth-order valence-electron chi connectivity index (χ4n) is 5.83. The van der Waals surface area contributed by atoms with Gasteiger partial charge in [0.15, 0.2) is 0 Å². The van der Waals surface area contributed by atoms with E-state index < -0.39 is 21.3 Å². The summed E-state index contributed by atoms with van der Waals surface area (Å²) >= 11 is 0. The topological polar surface area (TPSA) is 83.1 Å².